The van der Waals surface area contributed by atoms with Gasteiger partial charge in [0.15, 0.2) is 5.78 Å². The predicted molar refractivity (Wildman–Crippen MR) is 60.0 cm³/mol. The van der Waals surface area contributed by atoms with Crippen molar-refractivity contribution in [3.8, 4) is 0 Å². The average molecular weight is 208 g/mol. The molecule has 0 amide bonds. The highest BCUT2D eigenvalue weighted by Crippen LogP contribution is 2.29. The standard InChI is InChI=1S/C12H16OS/c1-9-11(7-8-14-9)12(13)10-5-3-2-4-6-10/h7-8,10H,2-6H2,1H3. The van der Waals surface area contributed by atoms with E-state index in [1.54, 1.807) is 11.3 Å². The van der Waals surface area contributed by atoms with Crippen LogP contribution < -0.4 is 0 Å². The van der Waals surface area contributed by atoms with E-state index in [9.17, 15) is 4.79 Å². The van der Waals surface area contributed by atoms with E-state index in [0.29, 0.717) is 11.7 Å². The minimum atomic E-state index is 0.317. The summed E-state index contributed by atoms with van der Waals surface area (Å²) in [6.45, 7) is 2.04. The normalized spacial score (nSPS) is 18.4. The highest BCUT2D eigenvalue weighted by Gasteiger charge is 2.23. The van der Waals surface area contributed by atoms with Crippen LogP contribution in [-0.2, 0) is 0 Å². The van der Waals surface area contributed by atoms with Gasteiger partial charge in [0.05, 0.1) is 0 Å². The highest BCUT2D eigenvalue weighted by atomic mass is 32.1. The van der Waals surface area contributed by atoms with Crippen LogP contribution in [0.2, 0.25) is 0 Å². The Morgan fingerprint density at radius 3 is 2.64 bits per heavy atom. The molecule has 1 heterocycles. The average Bonchev–Trinajstić information content (AvgIpc) is 2.65. The molecule has 1 aliphatic rings. The van der Waals surface area contributed by atoms with Gasteiger partial charge in [-0.2, -0.15) is 0 Å². The summed E-state index contributed by atoms with van der Waals surface area (Å²) in [5.41, 5.74) is 0.974. The van der Waals surface area contributed by atoms with Gasteiger partial charge in [-0.05, 0) is 31.2 Å². The van der Waals surface area contributed by atoms with E-state index in [-0.39, 0.29) is 0 Å². The molecule has 14 heavy (non-hydrogen) atoms. The lowest BCUT2D eigenvalue weighted by molar-refractivity contribution is 0.0889. The van der Waals surface area contributed by atoms with Gasteiger partial charge in [0.2, 0.25) is 0 Å². The molecule has 1 fully saturated rings. The summed E-state index contributed by atoms with van der Waals surface area (Å²) in [6.07, 6.45) is 5.99. The van der Waals surface area contributed by atoms with E-state index in [4.69, 9.17) is 0 Å². The van der Waals surface area contributed by atoms with Gasteiger partial charge in [-0.1, -0.05) is 19.3 Å². The van der Waals surface area contributed by atoms with E-state index in [1.165, 1.54) is 24.1 Å². The molecule has 0 aliphatic heterocycles. The van der Waals surface area contributed by atoms with Gasteiger partial charge in [0.25, 0.3) is 0 Å². The van der Waals surface area contributed by atoms with E-state index >= 15 is 0 Å². The number of aryl methyl sites for hydroxylation is 1. The topological polar surface area (TPSA) is 17.1 Å². The summed E-state index contributed by atoms with van der Waals surface area (Å²) in [5.74, 6) is 0.709. The summed E-state index contributed by atoms with van der Waals surface area (Å²) in [6, 6.07) is 1.98. The number of ketones is 1. The second kappa shape index (κ2) is 4.26. The first kappa shape index (κ1) is 9.91. The molecule has 0 bridgehead atoms. The number of thiophene rings is 1. The van der Waals surface area contributed by atoms with Gasteiger partial charge in [-0.15, -0.1) is 11.3 Å². The number of Topliss-reactive ketones (excluding diaryl/α,β-unsaturated/α-hetero) is 1. The summed E-state index contributed by atoms with van der Waals surface area (Å²) in [5, 5.41) is 2.02. The van der Waals surface area contributed by atoms with Crippen LogP contribution in [0, 0.1) is 12.8 Å². The third kappa shape index (κ3) is 1.90. The minimum absolute atomic E-state index is 0.317. The second-order valence-corrected chi connectivity index (χ2v) is 5.21. The van der Waals surface area contributed by atoms with Crippen LogP contribution >= 0.6 is 11.3 Å². The first-order valence-corrected chi connectivity index (χ1v) is 6.25. The van der Waals surface area contributed by atoms with Crippen molar-refractivity contribution in [3.63, 3.8) is 0 Å². The number of hydrogen-bond donors (Lipinski definition) is 0. The van der Waals surface area contributed by atoms with Crippen molar-refractivity contribution in [2.45, 2.75) is 39.0 Å². The number of hydrogen-bond acceptors (Lipinski definition) is 2. The molecule has 76 valence electrons. The maximum atomic E-state index is 12.1. The Labute approximate surface area is 89.1 Å². The summed E-state index contributed by atoms with van der Waals surface area (Å²) in [4.78, 5) is 13.3. The zero-order valence-corrected chi connectivity index (χ0v) is 9.40. The Kier molecular flexibility index (Phi) is 3.02. The van der Waals surface area contributed by atoms with E-state index in [2.05, 4.69) is 0 Å². The van der Waals surface area contributed by atoms with Crippen LogP contribution in [0.1, 0.15) is 47.3 Å². The molecular formula is C12H16OS. The Morgan fingerprint density at radius 2 is 2.07 bits per heavy atom. The zero-order chi connectivity index (χ0) is 9.97. The molecule has 2 heteroatoms. The molecule has 1 nitrogen and oxygen atoms in total. The lowest BCUT2D eigenvalue weighted by atomic mass is 9.84. The summed E-state index contributed by atoms with van der Waals surface area (Å²) in [7, 11) is 0. The quantitative estimate of drug-likeness (QED) is 0.675. The van der Waals surface area contributed by atoms with Gasteiger partial charge < -0.3 is 0 Å². The molecule has 1 saturated carbocycles. The van der Waals surface area contributed by atoms with Crippen molar-refractivity contribution in [1.82, 2.24) is 0 Å². The molecular weight excluding hydrogens is 192 g/mol. The smallest absolute Gasteiger partial charge is 0.167 e. The molecule has 0 spiro atoms. The van der Waals surface area contributed by atoms with E-state index in [1.807, 2.05) is 18.4 Å². The lowest BCUT2D eigenvalue weighted by Crippen LogP contribution is -2.17. The van der Waals surface area contributed by atoms with Gasteiger partial charge in [-0.25, -0.2) is 0 Å². The Morgan fingerprint density at radius 1 is 1.36 bits per heavy atom. The Hall–Kier alpha value is -0.630. The number of rotatable bonds is 2. The maximum Gasteiger partial charge on any atom is 0.167 e. The van der Waals surface area contributed by atoms with Crippen LogP contribution in [-0.4, -0.2) is 5.78 Å². The monoisotopic (exact) mass is 208 g/mol. The SMILES string of the molecule is Cc1sccc1C(=O)C1CCCCC1. The fourth-order valence-corrected chi connectivity index (χ4v) is 2.93. The highest BCUT2D eigenvalue weighted by molar-refractivity contribution is 7.10. The molecule has 0 atom stereocenters. The predicted octanol–water partition coefficient (Wildman–Crippen LogP) is 3.82. The molecule has 0 saturated heterocycles. The third-order valence-electron chi connectivity index (χ3n) is 3.10. The van der Waals surface area contributed by atoms with Gasteiger partial charge in [0.1, 0.15) is 0 Å². The maximum absolute atomic E-state index is 12.1. The van der Waals surface area contributed by atoms with Crippen LogP contribution in [0.3, 0.4) is 0 Å². The first-order chi connectivity index (χ1) is 6.79. The van der Waals surface area contributed by atoms with Crippen molar-refractivity contribution in [3.05, 3.63) is 21.9 Å². The molecule has 1 aliphatic carbocycles. The molecule has 1 aromatic rings. The van der Waals surface area contributed by atoms with Crippen LogP contribution in [0.4, 0.5) is 0 Å². The molecule has 0 aromatic carbocycles. The van der Waals surface area contributed by atoms with Crippen LogP contribution in [0.25, 0.3) is 0 Å². The van der Waals surface area contributed by atoms with Crippen molar-refractivity contribution >= 4 is 17.1 Å². The van der Waals surface area contributed by atoms with Crippen molar-refractivity contribution in [2.24, 2.45) is 5.92 Å². The van der Waals surface area contributed by atoms with Crippen LogP contribution in [0.15, 0.2) is 11.4 Å². The molecule has 0 N–H and O–H groups in total. The van der Waals surface area contributed by atoms with E-state index in [0.717, 1.165) is 18.4 Å². The Bertz CT molecular complexity index is 321. The Balaban J connectivity index is 2.11. The summed E-state index contributed by atoms with van der Waals surface area (Å²) < 4.78 is 0. The van der Waals surface area contributed by atoms with Gasteiger partial charge in [-0.3, -0.25) is 4.79 Å². The van der Waals surface area contributed by atoms with Crippen LogP contribution in [0.5, 0.6) is 0 Å². The van der Waals surface area contributed by atoms with Crippen molar-refractivity contribution in [1.29, 1.82) is 0 Å². The largest absolute Gasteiger partial charge is 0.294 e. The van der Waals surface area contributed by atoms with Crippen molar-refractivity contribution < 1.29 is 4.79 Å². The number of carbonyl (C=O) groups is 1. The number of carbonyl (C=O) groups excluding carboxylic acids is 1. The lowest BCUT2D eigenvalue weighted by Gasteiger charge is -2.20. The van der Waals surface area contributed by atoms with E-state index < -0.39 is 0 Å². The third-order valence-corrected chi connectivity index (χ3v) is 3.95. The van der Waals surface area contributed by atoms with Crippen molar-refractivity contribution in [2.75, 3.05) is 0 Å². The molecule has 2 rings (SSSR count). The fourth-order valence-electron chi connectivity index (χ4n) is 2.23. The zero-order valence-electron chi connectivity index (χ0n) is 8.58. The minimum Gasteiger partial charge on any atom is -0.294 e. The fraction of sp³-hybridized carbons (Fsp3) is 0.583. The first-order valence-electron chi connectivity index (χ1n) is 5.37. The molecule has 1 aromatic heterocycles. The second-order valence-electron chi connectivity index (χ2n) is 4.09. The molecule has 0 unspecified atom stereocenters. The van der Waals surface area contributed by atoms with Gasteiger partial charge in [0, 0.05) is 16.4 Å². The summed E-state index contributed by atoms with van der Waals surface area (Å²) >= 11 is 1.68. The molecule has 0 radical (unpaired) electrons. The van der Waals surface area contributed by atoms with Gasteiger partial charge >= 0.3 is 0 Å².